The fourth-order valence-corrected chi connectivity index (χ4v) is 2.93. The largest absolute Gasteiger partial charge is 0.460 e. The van der Waals surface area contributed by atoms with Crippen molar-refractivity contribution in [3.63, 3.8) is 0 Å². The Morgan fingerprint density at radius 2 is 1.74 bits per heavy atom. The van der Waals surface area contributed by atoms with E-state index in [9.17, 15) is 4.79 Å². The summed E-state index contributed by atoms with van der Waals surface area (Å²) in [5, 5.41) is 2.51. The Hall–Kier alpha value is -1.83. The van der Waals surface area contributed by atoms with Crippen molar-refractivity contribution in [2.75, 3.05) is 0 Å². The highest BCUT2D eigenvalue weighted by Crippen LogP contribution is 2.30. The molecule has 0 aliphatic carbocycles. The number of esters is 1. The van der Waals surface area contributed by atoms with Gasteiger partial charge in [-0.15, -0.1) is 0 Å². The van der Waals surface area contributed by atoms with E-state index in [2.05, 4.69) is 49.4 Å². The van der Waals surface area contributed by atoms with E-state index in [-0.39, 0.29) is 11.9 Å². The van der Waals surface area contributed by atoms with Crippen molar-refractivity contribution in [2.24, 2.45) is 5.92 Å². The van der Waals surface area contributed by atoms with E-state index < -0.39 is 5.60 Å². The first-order valence-electron chi connectivity index (χ1n) is 8.51. The number of carbonyl (C=O) groups is 1. The van der Waals surface area contributed by atoms with Crippen LogP contribution in [-0.4, -0.2) is 11.6 Å². The zero-order valence-electron chi connectivity index (χ0n) is 14.9. The van der Waals surface area contributed by atoms with Crippen LogP contribution in [0.25, 0.3) is 10.8 Å². The Kier molecular flexibility index (Phi) is 5.46. The lowest BCUT2D eigenvalue weighted by molar-refractivity contribution is -0.159. The van der Waals surface area contributed by atoms with Crippen LogP contribution in [0.4, 0.5) is 0 Å². The molecule has 124 valence electrons. The first kappa shape index (κ1) is 17.5. The molecule has 0 aliphatic rings. The van der Waals surface area contributed by atoms with Gasteiger partial charge in [-0.25, -0.2) is 0 Å². The molecular formula is C21H28O2. The minimum atomic E-state index is -0.421. The molecule has 0 saturated carbocycles. The lowest BCUT2D eigenvalue weighted by Crippen LogP contribution is -2.28. The fraction of sp³-hybridized carbons (Fsp3) is 0.476. The van der Waals surface area contributed by atoms with Gasteiger partial charge in [0.15, 0.2) is 0 Å². The van der Waals surface area contributed by atoms with Gasteiger partial charge < -0.3 is 4.74 Å². The smallest absolute Gasteiger partial charge is 0.309 e. The maximum Gasteiger partial charge on any atom is 0.309 e. The second kappa shape index (κ2) is 7.16. The average Bonchev–Trinajstić information content (AvgIpc) is 2.50. The van der Waals surface area contributed by atoms with Crippen LogP contribution < -0.4 is 0 Å². The third-order valence-electron chi connectivity index (χ3n) is 4.18. The summed E-state index contributed by atoms with van der Waals surface area (Å²) in [4.78, 5) is 12.2. The summed E-state index contributed by atoms with van der Waals surface area (Å²) in [5.41, 5.74) is 0.886. The first-order chi connectivity index (χ1) is 10.8. The minimum absolute atomic E-state index is 0.0920. The van der Waals surface area contributed by atoms with E-state index in [1.54, 1.807) is 0 Å². The van der Waals surface area contributed by atoms with Gasteiger partial charge in [0.05, 0.1) is 5.92 Å². The number of hydrogen-bond acceptors (Lipinski definition) is 2. The van der Waals surface area contributed by atoms with Gasteiger partial charge >= 0.3 is 5.97 Å². The Morgan fingerprint density at radius 3 is 2.35 bits per heavy atom. The van der Waals surface area contributed by atoms with Crippen molar-refractivity contribution < 1.29 is 9.53 Å². The molecule has 0 fully saturated rings. The third kappa shape index (κ3) is 4.82. The molecule has 0 amide bonds. The highest BCUT2D eigenvalue weighted by Gasteiger charge is 2.24. The summed E-state index contributed by atoms with van der Waals surface area (Å²) in [6.07, 6.45) is 1.84. The molecule has 2 atom stereocenters. The number of hydrogen-bond donors (Lipinski definition) is 0. The molecule has 2 aromatic rings. The summed E-state index contributed by atoms with van der Waals surface area (Å²) in [6.45, 7) is 9.90. The maximum atomic E-state index is 12.2. The molecule has 2 nitrogen and oxygen atoms in total. The molecule has 0 radical (unpaired) electrons. The van der Waals surface area contributed by atoms with Crippen molar-refractivity contribution in [3.05, 3.63) is 48.0 Å². The van der Waals surface area contributed by atoms with Crippen LogP contribution in [0, 0.1) is 5.92 Å². The Balaban J connectivity index is 2.13. The zero-order chi connectivity index (χ0) is 17.0. The van der Waals surface area contributed by atoms with Gasteiger partial charge in [-0.05, 0) is 55.9 Å². The van der Waals surface area contributed by atoms with Gasteiger partial charge in [-0.2, -0.15) is 0 Å². The topological polar surface area (TPSA) is 26.3 Å². The molecular weight excluding hydrogens is 284 g/mol. The predicted octanol–water partition coefficient (Wildman–Crippen LogP) is 5.70. The van der Waals surface area contributed by atoms with E-state index in [1.807, 2.05) is 27.7 Å². The molecule has 2 aromatic carbocycles. The van der Waals surface area contributed by atoms with Crippen molar-refractivity contribution in [3.8, 4) is 0 Å². The monoisotopic (exact) mass is 312 g/mol. The van der Waals surface area contributed by atoms with Crippen LogP contribution >= 0.6 is 0 Å². The summed E-state index contributed by atoms with van der Waals surface area (Å²) < 4.78 is 5.51. The van der Waals surface area contributed by atoms with Crippen molar-refractivity contribution >= 4 is 16.7 Å². The van der Waals surface area contributed by atoms with Gasteiger partial charge in [-0.3, -0.25) is 4.79 Å². The minimum Gasteiger partial charge on any atom is -0.460 e. The second-order valence-electron chi connectivity index (χ2n) is 7.38. The molecule has 2 rings (SSSR count). The SMILES string of the molecule is CCC(CC(C)C(=O)OC(C)(C)C)c1ccc2ccccc2c1. The van der Waals surface area contributed by atoms with Crippen LogP contribution in [0.3, 0.4) is 0 Å². The summed E-state index contributed by atoms with van der Waals surface area (Å²) in [7, 11) is 0. The Bertz CT molecular complexity index is 667. The van der Waals surface area contributed by atoms with Crippen LogP contribution in [-0.2, 0) is 9.53 Å². The van der Waals surface area contributed by atoms with Crippen LogP contribution in [0.15, 0.2) is 42.5 Å². The highest BCUT2D eigenvalue weighted by molar-refractivity contribution is 5.83. The Labute approximate surface area is 139 Å². The zero-order valence-corrected chi connectivity index (χ0v) is 14.9. The molecule has 0 bridgehead atoms. The molecule has 0 spiro atoms. The van der Waals surface area contributed by atoms with Crippen molar-refractivity contribution in [1.29, 1.82) is 0 Å². The summed E-state index contributed by atoms with van der Waals surface area (Å²) >= 11 is 0. The number of rotatable bonds is 5. The van der Waals surface area contributed by atoms with Gasteiger partial charge in [0.25, 0.3) is 0 Å². The quantitative estimate of drug-likeness (QED) is 0.662. The fourth-order valence-electron chi connectivity index (χ4n) is 2.93. The predicted molar refractivity (Wildman–Crippen MR) is 96.6 cm³/mol. The molecule has 2 heteroatoms. The van der Waals surface area contributed by atoms with E-state index in [4.69, 9.17) is 4.74 Å². The van der Waals surface area contributed by atoms with Gasteiger partial charge in [0, 0.05) is 0 Å². The van der Waals surface area contributed by atoms with Gasteiger partial charge in [0.2, 0.25) is 0 Å². The van der Waals surface area contributed by atoms with Crippen molar-refractivity contribution in [1.82, 2.24) is 0 Å². The lowest BCUT2D eigenvalue weighted by atomic mass is 9.86. The molecule has 0 aliphatic heterocycles. The van der Waals surface area contributed by atoms with Crippen molar-refractivity contribution in [2.45, 2.75) is 59.0 Å². The second-order valence-corrected chi connectivity index (χ2v) is 7.38. The number of fused-ring (bicyclic) bond motifs is 1. The molecule has 23 heavy (non-hydrogen) atoms. The normalized spacial score (nSPS) is 14.5. The third-order valence-corrected chi connectivity index (χ3v) is 4.18. The average molecular weight is 312 g/mol. The molecule has 0 saturated heterocycles. The molecule has 2 unspecified atom stereocenters. The van der Waals surface area contributed by atoms with E-state index in [0.29, 0.717) is 5.92 Å². The molecule has 0 aromatic heterocycles. The van der Waals surface area contributed by atoms with Crippen LogP contribution in [0.2, 0.25) is 0 Å². The van der Waals surface area contributed by atoms with E-state index in [0.717, 1.165) is 12.8 Å². The maximum absolute atomic E-state index is 12.2. The number of ether oxygens (including phenoxy) is 1. The summed E-state index contributed by atoms with van der Waals surface area (Å²) in [6, 6.07) is 15.0. The van der Waals surface area contributed by atoms with Crippen LogP contribution in [0.1, 0.15) is 58.9 Å². The Morgan fingerprint density at radius 1 is 1.09 bits per heavy atom. The summed E-state index contributed by atoms with van der Waals surface area (Å²) in [5.74, 6) is 0.185. The standard InChI is InChI=1S/C21H28O2/c1-6-16(13-15(2)20(22)23-21(3,4)5)19-12-11-17-9-7-8-10-18(17)14-19/h7-12,14-16H,6,13H2,1-5H3. The van der Waals surface area contributed by atoms with E-state index >= 15 is 0 Å². The van der Waals surface area contributed by atoms with Crippen LogP contribution in [0.5, 0.6) is 0 Å². The van der Waals surface area contributed by atoms with Gasteiger partial charge in [0.1, 0.15) is 5.60 Å². The highest BCUT2D eigenvalue weighted by atomic mass is 16.6. The number of carbonyl (C=O) groups excluding carboxylic acids is 1. The number of benzene rings is 2. The van der Waals surface area contributed by atoms with E-state index in [1.165, 1.54) is 16.3 Å². The molecule has 0 N–H and O–H groups in total. The van der Waals surface area contributed by atoms with Gasteiger partial charge in [-0.1, -0.05) is 56.3 Å². The first-order valence-corrected chi connectivity index (χ1v) is 8.51. The molecule has 0 heterocycles. The lowest BCUT2D eigenvalue weighted by Gasteiger charge is -2.24.